The van der Waals surface area contributed by atoms with Crippen LogP contribution in [0, 0.1) is 23.7 Å². The van der Waals surface area contributed by atoms with Crippen LogP contribution in [0.15, 0.2) is 58.0 Å². The van der Waals surface area contributed by atoms with Gasteiger partial charge in [0.1, 0.15) is 18.1 Å². The third kappa shape index (κ3) is 5.19. The summed E-state index contributed by atoms with van der Waals surface area (Å²) in [6.07, 6.45) is 2.13. The lowest BCUT2D eigenvalue weighted by Crippen LogP contribution is -2.46. The molecule has 0 bridgehead atoms. The third-order valence-corrected chi connectivity index (χ3v) is 8.27. The van der Waals surface area contributed by atoms with E-state index in [0.29, 0.717) is 35.7 Å². The van der Waals surface area contributed by atoms with E-state index in [9.17, 15) is 24.5 Å². The van der Waals surface area contributed by atoms with Gasteiger partial charge in [-0.05, 0) is 72.3 Å². The number of nitrogens with zero attached hydrogens (tertiary/aromatic N) is 1. The average Bonchev–Trinajstić information content (AvgIpc) is 3.51. The van der Waals surface area contributed by atoms with E-state index in [1.54, 1.807) is 6.07 Å². The SMILES string of the molecule is COC(=O)N1C(=O)[C@@H]2[C@@H](CC(C(C)C)=C3[C@@H](CC/C(=C/c4ccc(CO)o4)c4ccccc4)OB(O)C[C@@H]32)C1=O. The van der Waals surface area contributed by atoms with Crippen LogP contribution in [0.4, 0.5) is 4.79 Å². The molecule has 3 heterocycles. The van der Waals surface area contributed by atoms with E-state index in [-0.39, 0.29) is 18.8 Å². The topological polar surface area (TPSA) is 127 Å². The first kappa shape index (κ1) is 28.1. The molecule has 1 aliphatic carbocycles. The van der Waals surface area contributed by atoms with E-state index in [2.05, 4.69) is 0 Å². The van der Waals surface area contributed by atoms with Crippen LogP contribution in [-0.2, 0) is 25.6 Å². The molecule has 210 valence electrons. The van der Waals surface area contributed by atoms with Crippen LogP contribution in [0.25, 0.3) is 11.6 Å². The van der Waals surface area contributed by atoms with Crippen LogP contribution in [0.5, 0.6) is 0 Å². The number of amides is 3. The minimum absolute atomic E-state index is 0.0824. The Kier molecular flexibility index (Phi) is 8.12. The highest BCUT2D eigenvalue weighted by molar-refractivity contribution is 6.43. The number of hydrogen-bond donors (Lipinski definition) is 2. The van der Waals surface area contributed by atoms with Gasteiger partial charge in [0.2, 0.25) is 11.8 Å². The molecule has 9 nitrogen and oxygen atoms in total. The maximum atomic E-state index is 13.4. The standard InChI is InChI=1S/C30H34BNO8/c1-17(2)22-14-23-27(29(35)32(28(23)34)30(36)38-3)24-15-31(37)40-25(26(22)24)12-9-19(18-7-5-4-6-8-18)13-20-10-11-21(16-33)39-20/h4-8,10-11,13,17,23-25,27,33,37H,9,12,14-16H2,1-3H3/b19-13-/t23-,24+,25-,27-/m1/s1. The van der Waals surface area contributed by atoms with Gasteiger partial charge in [-0.1, -0.05) is 49.8 Å². The van der Waals surface area contributed by atoms with Crippen molar-refractivity contribution < 1.29 is 38.3 Å². The van der Waals surface area contributed by atoms with Crippen molar-refractivity contribution in [2.75, 3.05) is 7.11 Å². The lowest BCUT2D eigenvalue weighted by atomic mass is 9.57. The number of likely N-dealkylation sites (tertiary alicyclic amines) is 1. The van der Waals surface area contributed by atoms with Crippen LogP contribution in [0.2, 0.25) is 6.32 Å². The Hall–Kier alpha value is -3.47. The Morgan fingerprint density at radius 2 is 1.90 bits per heavy atom. The fourth-order valence-corrected chi connectivity index (χ4v) is 6.49. The van der Waals surface area contributed by atoms with Gasteiger partial charge in [-0.2, -0.15) is 4.90 Å². The van der Waals surface area contributed by atoms with Crippen LogP contribution in [0.3, 0.4) is 0 Å². The number of fused-ring (bicyclic) bond motifs is 3. The Labute approximate surface area is 233 Å². The lowest BCUT2D eigenvalue weighted by molar-refractivity contribution is -0.137. The Bertz CT molecular complexity index is 1350. The molecule has 0 saturated carbocycles. The first-order valence-electron chi connectivity index (χ1n) is 13.7. The zero-order valence-corrected chi connectivity index (χ0v) is 22.9. The van der Waals surface area contributed by atoms with Gasteiger partial charge < -0.3 is 23.9 Å². The molecule has 3 aliphatic rings. The first-order chi connectivity index (χ1) is 19.2. The van der Waals surface area contributed by atoms with E-state index >= 15 is 0 Å². The summed E-state index contributed by atoms with van der Waals surface area (Å²) in [5, 5.41) is 20.2. The zero-order chi connectivity index (χ0) is 28.6. The number of imide groups is 3. The second kappa shape index (κ2) is 11.6. The number of aliphatic hydroxyl groups excluding tert-OH is 1. The van der Waals surface area contributed by atoms with E-state index in [1.165, 1.54) is 0 Å². The van der Waals surface area contributed by atoms with Crippen LogP contribution in [0.1, 0.15) is 50.2 Å². The Morgan fingerprint density at radius 3 is 2.55 bits per heavy atom. The minimum Gasteiger partial charge on any atom is -0.459 e. The van der Waals surface area contributed by atoms with Crippen LogP contribution < -0.4 is 0 Å². The molecular weight excluding hydrogens is 513 g/mol. The molecule has 0 spiro atoms. The van der Waals surface area contributed by atoms with E-state index in [0.717, 1.165) is 29.4 Å². The zero-order valence-electron chi connectivity index (χ0n) is 22.9. The summed E-state index contributed by atoms with van der Waals surface area (Å²) < 4.78 is 16.6. The maximum Gasteiger partial charge on any atom is 0.455 e. The summed E-state index contributed by atoms with van der Waals surface area (Å²) in [6.45, 7) is 3.91. The number of carbonyl (C=O) groups is 3. The third-order valence-electron chi connectivity index (χ3n) is 8.27. The number of allylic oxidation sites excluding steroid dienone is 2. The minimum atomic E-state index is -1.11. The molecule has 10 heteroatoms. The van der Waals surface area contributed by atoms with Crippen LogP contribution in [-0.4, -0.2) is 53.3 Å². The molecule has 2 saturated heterocycles. The highest BCUT2D eigenvalue weighted by atomic mass is 16.5. The molecule has 2 aromatic rings. The molecule has 2 aliphatic heterocycles. The molecule has 2 fully saturated rings. The summed E-state index contributed by atoms with van der Waals surface area (Å²) in [5.74, 6) is -1.76. The second-order valence-electron chi connectivity index (χ2n) is 10.9. The van der Waals surface area contributed by atoms with Crippen molar-refractivity contribution in [3.05, 3.63) is 70.7 Å². The number of methoxy groups -OCH3 is 1. The van der Waals surface area contributed by atoms with Crippen molar-refractivity contribution in [1.82, 2.24) is 4.90 Å². The molecule has 3 amide bonds. The summed E-state index contributed by atoms with van der Waals surface area (Å²) in [6, 6.07) is 13.4. The van der Waals surface area contributed by atoms with Crippen molar-refractivity contribution in [1.29, 1.82) is 0 Å². The van der Waals surface area contributed by atoms with Gasteiger partial charge in [-0.25, -0.2) is 4.79 Å². The van der Waals surface area contributed by atoms with Crippen molar-refractivity contribution in [2.24, 2.45) is 23.7 Å². The molecule has 2 N–H and O–H groups in total. The largest absolute Gasteiger partial charge is 0.459 e. The number of furan rings is 1. The van der Waals surface area contributed by atoms with E-state index in [1.807, 2.05) is 56.3 Å². The van der Waals surface area contributed by atoms with Gasteiger partial charge in [0.25, 0.3) is 0 Å². The fraction of sp³-hybridized carbons (Fsp3) is 0.433. The van der Waals surface area contributed by atoms with Crippen molar-refractivity contribution in [2.45, 2.75) is 52.1 Å². The van der Waals surface area contributed by atoms with Gasteiger partial charge in [0.05, 0.1) is 25.0 Å². The molecule has 1 aromatic carbocycles. The van der Waals surface area contributed by atoms with Gasteiger partial charge in [-0.15, -0.1) is 0 Å². The fourth-order valence-electron chi connectivity index (χ4n) is 6.49. The predicted octanol–water partition coefficient (Wildman–Crippen LogP) is 4.31. The smallest absolute Gasteiger partial charge is 0.455 e. The molecule has 4 atom stereocenters. The maximum absolute atomic E-state index is 13.4. The monoisotopic (exact) mass is 547 g/mol. The number of benzene rings is 1. The Morgan fingerprint density at radius 1 is 1.15 bits per heavy atom. The van der Waals surface area contributed by atoms with Gasteiger partial charge in [0, 0.05) is 0 Å². The van der Waals surface area contributed by atoms with Gasteiger partial charge in [-0.3, -0.25) is 9.59 Å². The number of ether oxygens (including phenoxy) is 1. The van der Waals surface area contributed by atoms with E-state index in [4.69, 9.17) is 13.8 Å². The highest BCUT2D eigenvalue weighted by Crippen LogP contribution is 2.52. The number of rotatable bonds is 7. The van der Waals surface area contributed by atoms with Crippen LogP contribution >= 0.6 is 0 Å². The quantitative estimate of drug-likeness (QED) is 0.298. The molecule has 40 heavy (non-hydrogen) atoms. The number of aliphatic hydroxyl groups is 1. The van der Waals surface area contributed by atoms with Gasteiger partial charge in [0.15, 0.2) is 0 Å². The molecule has 1 aromatic heterocycles. The second-order valence-corrected chi connectivity index (χ2v) is 10.9. The predicted molar refractivity (Wildman–Crippen MR) is 147 cm³/mol. The number of hydrogen-bond acceptors (Lipinski definition) is 8. The van der Waals surface area contributed by atoms with E-state index < -0.39 is 48.9 Å². The summed E-state index contributed by atoms with van der Waals surface area (Å²) in [4.78, 5) is 39.5. The Balaban J connectivity index is 1.48. The molecule has 5 rings (SSSR count). The summed E-state index contributed by atoms with van der Waals surface area (Å²) in [7, 11) is 0.0374. The average molecular weight is 547 g/mol. The molecular formula is C30H34BNO8. The molecule has 0 unspecified atom stereocenters. The normalized spacial score (nSPS) is 25.0. The van der Waals surface area contributed by atoms with Crippen molar-refractivity contribution in [3.8, 4) is 0 Å². The van der Waals surface area contributed by atoms with Crippen molar-refractivity contribution >= 4 is 36.7 Å². The number of carbonyl (C=O) groups excluding carboxylic acids is 3. The lowest BCUT2D eigenvalue weighted by Gasteiger charge is -2.44. The van der Waals surface area contributed by atoms with Crippen molar-refractivity contribution in [3.63, 3.8) is 0 Å². The highest BCUT2D eigenvalue weighted by Gasteiger charge is 2.59. The van der Waals surface area contributed by atoms with Gasteiger partial charge >= 0.3 is 13.2 Å². The first-order valence-corrected chi connectivity index (χ1v) is 13.7. The summed E-state index contributed by atoms with van der Waals surface area (Å²) >= 11 is 0. The summed E-state index contributed by atoms with van der Waals surface area (Å²) in [5.41, 5.74) is 4.00. The molecule has 0 radical (unpaired) electrons.